The maximum absolute atomic E-state index is 12.6. The summed E-state index contributed by atoms with van der Waals surface area (Å²) in [4.78, 5) is 25.3. The number of hydrogen-bond acceptors (Lipinski definition) is 9. The molecule has 1 heterocycles. The molecule has 11 nitrogen and oxygen atoms in total. The lowest BCUT2D eigenvalue weighted by Gasteiger charge is -2.25. The fourth-order valence-electron chi connectivity index (χ4n) is 4.39. The molecule has 0 radical (unpaired) electrons. The van der Waals surface area contributed by atoms with Crippen LogP contribution < -0.4 is 10.2 Å². The molecule has 0 amide bonds. The molecular formula is C27H22N6O5. The Kier molecular flexibility index (Phi) is 6.89. The Bertz CT molecular complexity index is 1530. The predicted octanol–water partition coefficient (Wildman–Crippen LogP) is 5.86. The smallest absolute Gasteiger partial charge is 0.330 e. The van der Waals surface area contributed by atoms with Gasteiger partial charge >= 0.3 is 11.4 Å². The lowest BCUT2D eigenvalue weighted by molar-refractivity contribution is -0.390. The van der Waals surface area contributed by atoms with Crippen molar-refractivity contribution in [2.24, 2.45) is 0 Å². The van der Waals surface area contributed by atoms with E-state index in [0.717, 1.165) is 16.7 Å². The average molecular weight is 511 g/mol. The first-order chi connectivity index (χ1) is 18.5. The zero-order valence-corrected chi connectivity index (χ0v) is 20.1. The van der Waals surface area contributed by atoms with E-state index >= 15 is 0 Å². The van der Waals surface area contributed by atoms with E-state index in [1.807, 2.05) is 91.0 Å². The monoisotopic (exact) mass is 510 g/mol. The van der Waals surface area contributed by atoms with Gasteiger partial charge in [-0.3, -0.25) is 20.2 Å². The van der Waals surface area contributed by atoms with Crippen LogP contribution in [0.5, 0.6) is 0 Å². The summed E-state index contributed by atoms with van der Waals surface area (Å²) in [5.74, 6) is 0. The Hall–Kier alpha value is -5.32. The quantitative estimate of drug-likeness (QED) is 0.181. The predicted molar refractivity (Wildman–Crippen MR) is 142 cm³/mol. The van der Waals surface area contributed by atoms with Gasteiger partial charge in [-0.15, -0.1) is 0 Å². The van der Waals surface area contributed by atoms with E-state index in [9.17, 15) is 20.2 Å². The molecule has 11 heteroatoms. The van der Waals surface area contributed by atoms with Gasteiger partial charge in [0.05, 0.1) is 9.85 Å². The molecule has 0 spiro atoms. The van der Waals surface area contributed by atoms with Crippen LogP contribution in [0.25, 0.3) is 11.0 Å². The summed E-state index contributed by atoms with van der Waals surface area (Å²) in [5, 5.41) is 35.5. The van der Waals surface area contributed by atoms with Crippen molar-refractivity contribution in [3.63, 3.8) is 0 Å². The first-order valence-corrected chi connectivity index (χ1v) is 11.7. The minimum atomic E-state index is -0.699. The van der Waals surface area contributed by atoms with Gasteiger partial charge in [-0.05, 0) is 27.0 Å². The number of rotatable bonds is 10. The molecule has 0 saturated carbocycles. The molecule has 0 saturated heterocycles. The van der Waals surface area contributed by atoms with Crippen LogP contribution in [-0.4, -0.2) is 20.2 Å². The highest BCUT2D eigenvalue weighted by atomic mass is 16.6. The van der Waals surface area contributed by atoms with Crippen molar-refractivity contribution in [2.45, 2.75) is 19.6 Å². The van der Waals surface area contributed by atoms with Crippen LogP contribution in [0, 0.1) is 20.2 Å². The number of nitrogens with zero attached hydrogens (tertiary/aromatic N) is 5. The maximum Gasteiger partial charge on any atom is 0.330 e. The Labute approximate surface area is 216 Å². The Balaban J connectivity index is 1.73. The number of anilines is 2. The van der Waals surface area contributed by atoms with E-state index in [-0.39, 0.29) is 42.0 Å². The van der Waals surface area contributed by atoms with Gasteiger partial charge < -0.3 is 10.2 Å². The van der Waals surface area contributed by atoms with Crippen LogP contribution >= 0.6 is 0 Å². The molecule has 5 aromatic rings. The third kappa shape index (κ3) is 4.98. The summed E-state index contributed by atoms with van der Waals surface area (Å²) in [7, 11) is 0. The molecule has 1 aromatic heterocycles. The number of hydrogen-bond donors (Lipinski definition) is 1. The van der Waals surface area contributed by atoms with Crippen molar-refractivity contribution >= 4 is 33.8 Å². The summed E-state index contributed by atoms with van der Waals surface area (Å²) in [5.41, 5.74) is 1.14. The first kappa shape index (κ1) is 24.4. The third-order valence-electron chi connectivity index (χ3n) is 6.06. The van der Waals surface area contributed by atoms with E-state index in [0.29, 0.717) is 0 Å². The van der Waals surface area contributed by atoms with Gasteiger partial charge in [-0.2, -0.15) is 0 Å². The van der Waals surface area contributed by atoms with Crippen LogP contribution in [0.2, 0.25) is 0 Å². The van der Waals surface area contributed by atoms with Crippen molar-refractivity contribution in [1.29, 1.82) is 0 Å². The molecule has 38 heavy (non-hydrogen) atoms. The third-order valence-corrected chi connectivity index (χ3v) is 6.06. The van der Waals surface area contributed by atoms with E-state index in [1.54, 1.807) is 4.90 Å². The highest BCUT2D eigenvalue weighted by molar-refractivity contribution is 6.06. The van der Waals surface area contributed by atoms with E-state index in [4.69, 9.17) is 4.63 Å². The van der Waals surface area contributed by atoms with Crippen LogP contribution in [-0.2, 0) is 19.6 Å². The Morgan fingerprint density at radius 2 is 1.16 bits per heavy atom. The van der Waals surface area contributed by atoms with Crippen molar-refractivity contribution < 1.29 is 14.5 Å². The summed E-state index contributed by atoms with van der Waals surface area (Å²) in [6, 6.07) is 28.0. The second-order valence-corrected chi connectivity index (χ2v) is 8.56. The van der Waals surface area contributed by atoms with Gasteiger partial charge in [-0.1, -0.05) is 91.0 Å². The number of fused-ring (bicyclic) bond motifs is 1. The topological polar surface area (TPSA) is 140 Å². The lowest BCUT2D eigenvalue weighted by atomic mass is 10.1. The minimum Gasteiger partial charge on any atom is -0.370 e. The largest absolute Gasteiger partial charge is 0.370 e. The van der Waals surface area contributed by atoms with E-state index in [1.165, 1.54) is 0 Å². The van der Waals surface area contributed by atoms with Crippen molar-refractivity contribution in [1.82, 2.24) is 10.3 Å². The average Bonchev–Trinajstić information content (AvgIpc) is 3.41. The van der Waals surface area contributed by atoms with Gasteiger partial charge in [0, 0.05) is 19.6 Å². The first-order valence-electron chi connectivity index (χ1n) is 11.7. The summed E-state index contributed by atoms with van der Waals surface area (Å²) >= 11 is 0. The molecule has 0 aliphatic carbocycles. The van der Waals surface area contributed by atoms with Gasteiger partial charge in [0.1, 0.15) is 0 Å². The molecule has 1 N–H and O–H groups in total. The number of nitro benzene ring substituents is 2. The highest BCUT2D eigenvalue weighted by Gasteiger charge is 2.39. The fourth-order valence-corrected chi connectivity index (χ4v) is 4.39. The molecule has 0 aliphatic rings. The molecule has 0 unspecified atom stereocenters. The summed E-state index contributed by atoms with van der Waals surface area (Å²) < 4.78 is 4.92. The van der Waals surface area contributed by atoms with Crippen LogP contribution in [0.3, 0.4) is 0 Å². The fraction of sp³-hybridized carbons (Fsp3) is 0.111. The van der Waals surface area contributed by atoms with Gasteiger partial charge in [-0.25, -0.2) is 4.63 Å². The molecule has 0 fully saturated rings. The van der Waals surface area contributed by atoms with Crippen LogP contribution in [0.4, 0.5) is 22.7 Å². The standard InChI is InChI=1S/C27H22N6O5/c34-32(35)25-22-23(30-38-29-22)26(27(33(36)37)24(25)28-16-19-10-4-1-5-11-19)31(17-20-12-6-2-7-13-20)18-21-14-8-3-9-15-21/h1-15,28H,16-18H2. The van der Waals surface area contributed by atoms with Crippen LogP contribution in [0.1, 0.15) is 16.7 Å². The molecule has 5 rings (SSSR count). The zero-order chi connectivity index (χ0) is 26.5. The number of nitrogens with one attached hydrogen (secondary N) is 1. The number of benzene rings is 4. The van der Waals surface area contributed by atoms with E-state index < -0.39 is 21.2 Å². The normalized spacial score (nSPS) is 10.8. The number of nitro groups is 2. The van der Waals surface area contributed by atoms with Crippen molar-refractivity contribution in [3.8, 4) is 0 Å². The second kappa shape index (κ2) is 10.7. The molecule has 0 aliphatic heterocycles. The molecule has 190 valence electrons. The van der Waals surface area contributed by atoms with Gasteiger partial charge in [0.15, 0.2) is 16.9 Å². The summed E-state index contributed by atoms with van der Waals surface area (Å²) in [6.07, 6.45) is 0. The van der Waals surface area contributed by atoms with Crippen molar-refractivity contribution in [2.75, 3.05) is 10.2 Å². The summed E-state index contributed by atoms with van der Waals surface area (Å²) in [6.45, 7) is 0.666. The van der Waals surface area contributed by atoms with Gasteiger partial charge in [0.25, 0.3) is 0 Å². The Morgan fingerprint density at radius 1 is 0.684 bits per heavy atom. The highest BCUT2D eigenvalue weighted by Crippen LogP contribution is 2.48. The van der Waals surface area contributed by atoms with Crippen molar-refractivity contribution in [3.05, 3.63) is 128 Å². The SMILES string of the molecule is O=[N+]([O-])c1c(NCc2ccccc2)c([N+](=O)[O-])c2nonc2c1N(Cc1ccccc1)Cc1ccccc1. The van der Waals surface area contributed by atoms with Crippen LogP contribution in [0.15, 0.2) is 95.6 Å². The molecule has 0 atom stereocenters. The van der Waals surface area contributed by atoms with Gasteiger partial charge in [0.2, 0.25) is 5.52 Å². The molecule has 4 aromatic carbocycles. The lowest BCUT2D eigenvalue weighted by Crippen LogP contribution is -2.24. The Morgan fingerprint density at radius 3 is 1.66 bits per heavy atom. The second-order valence-electron chi connectivity index (χ2n) is 8.56. The number of aromatic nitrogens is 2. The van der Waals surface area contributed by atoms with E-state index in [2.05, 4.69) is 15.6 Å². The maximum atomic E-state index is 12.6. The molecular weight excluding hydrogens is 488 g/mol. The minimum absolute atomic E-state index is 0.0551. The zero-order valence-electron chi connectivity index (χ0n) is 20.1. The molecule has 0 bridgehead atoms.